The van der Waals surface area contributed by atoms with Gasteiger partial charge in [0.1, 0.15) is 12.7 Å². The third kappa shape index (κ3) is 11.6. The number of hydrogen-bond donors (Lipinski definition) is 3. The van der Waals surface area contributed by atoms with Gasteiger partial charge < -0.3 is 24.8 Å². The molecule has 1 rings (SSSR count). The predicted molar refractivity (Wildman–Crippen MR) is 118 cm³/mol. The van der Waals surface area contributed by atoms with E-state index < -0.39 is 42.3 Å². The molecule has 2 atom stereocenters. The molecule has 0 aliphatic carbocycles. The van der Waals surface area contributed by atoms with Crippen LogP contribution in [0.25, 0.3) is 0 Å². The average molecular weight is 439 g/mol. The summed E-state index contributed by atoms with van der Waals surface area (Å²) >= 11 is 0. The molecule has 0 bridgehead atoms. The molecule has 176 valence electrons. The number of carbonyl (C=O) groups is 2. The third-order valence-corrected chi connectivity index (χ3v) is 5.04. The summed E-state index contributed by atoms with van der Waals surface area (Å²) in [5.74, 6) is -3.25. The molecule has 7 heteroatoms. The van der Waals surface area contributed by atoms with E-state index in [0.29, 0.717) is 6.42 Å². The van der Waals surface area contributed by atoms with Gasteiger partial charge in [0.2, 0.25) is 5.76 Å². The van der Waals surface area contributed by atoms with Crippen molar-refractivity contribution in [1.29, 1.82) is 0 Å². The van der Waals surface area contributed by atoms with Gasteiger partial charge in [0.25, 0.3) is 0 Å². The maximum absolute atomic E-state index is 11.7. The SMILES string of the molecule is CCCCC/C=C\C/C=C\CCCCCCCC(=O)OC[C@H](O)C1OC(=O)C(O)=C1O. The van der Waals surface area contributed by atoms with Crippen LogP contribution in [-0.2, 0) is 19.1 Å². The Hall–Kier alpha value is -2.28. The van der Waals surface area contributed by atoms with Crippen molar-refractivity contribution in [1.82, 2.24) is 0 Å². The zero-order chi connectivity index (χ0) is 22.9. The summed E-state index contributed by atoms with van der Waals surface area (Å²) in [6, 6.07) is 0. The average Bonchev–Trinajstić information content (AvgIpc) is 3.02. The van der Waals surface area contributed by atoms with Gasteiger partial charge in [0, 0.05) is 6.42 Å². The molecule has 0 aromatic heterocycles. The molecule has 0 radical (unpaired) electrons. The van der Waals surface area contributed by atoms with Crippen LogP contribution in [-0.4, -0.2) is 46.1 Å². The Kier molecular flexibility index (Phi) is 14.2. The largest absolute Gasteiger partial charge is 0.505 e. The van der Waals surface area contributed by atoms with Gasteiger partial charge in [-0.05, 0) is 38.5 Å². The number of unbranched alkanes of at least 4 members (excludes halogenated alkanes) is 8. The molecule has 0 aromatic rings. The Morgan fingerprint density at radius 1 is 1.00 bits per heavy atom. The van der Waals surface area contributed by atoms with Crippen LogP contribution in [0.3, 0.4) is 0 Å². The molecule has 0 amide bonds. The smallest absolute Gasteiger partial charge is 0.377 e. The molecule has 1 heterocycles. The van der Waals surface area contributed by atoms with Crippen LogP contribution < -0.4 is 0 Å². The second-order valence-corrected chi connectivity index (χ2v) is 7.79. The standard InChI is InChI=1S/C24H38O7/c1-2-3-4-5-6-7-8-9-10-11-12-13-14-15-16-17-20(26)30-18-19(25)23-21(27)22(28)24(29)31-23/h6-7,9-10,19,23,25,27-28H,2-5,8,11-18H2,1H3/b7-6-,10-9-/t19-,23?/m0/s1. The van der Waals surface area contributed by atoms with Crippen LogP contribution in [0, 0.1) is 0 Å². The van der Waals surface area contributed by atoms with Crippen molar-refractivity contribution in [2.24, 2.45) is 0 Å². The van der Waals surface area contributed by atoms with Crippen molar-refractivity contribution in [3.63, 3.8) is 0 Å². The van der Waals surface area contributed by atoms with Gasteiger partial charge in [-0.15, -0.1) is 0 Å². The summed E-state index contributed by atoms with van der Waals surface area (Å²) in [6.45, 7) is 1.79. The highest BCUT2D eigenvalue weighted by Crippen LogP contribution is 2.21. The predicted octanol–water partition coefficient (Wildman–Crippen LogP) is 4.96. The first kappa shape index (κ1) is 26.8. The van der Waals surface area contributed by atoms with Crippen molar-refractivity contribution in [3.05, 3.63) is 35.8 Å². The number of carbonyl (C=O) groups excluding carboxylic acids is 2. The molecule has 7 nitrogen and oxygen atoms in total. The van der Waals surface area contributed by atoms with Crippen molar-refractivity contribution in [2.45, 2.75) is 96.2 Å². The monoisotopic (exact) mass is 438 g/mol. The molecule has 0 spiro atoms. The first-order valence-corrected chi connectivity index (χ1v) is 11.4. The van der Waals surface area contributed by atoms with Crippen LogP contribution in [0.15, 0.2) is 35.8 Å². The van der Waals surface area contributed by atoms with E-state index in [1.807, 2.05) is 0 Å². The van der Waals surface area contributed by atoms with Crippen LogP contribution in [0.4, 0.5) is 0 Å². The molecule has 0 saturated carbocycles. The lowest BCUT2D eigenvalue weighted by Gasteiger charge is -2.17. The maximum Gasteiger partial charge on any atom is 0.377 e. The number of allylic oxidation sites excluding steroid dienone is 4. The molecular weight excluding hydrogens is 400 g/mol. The highest BCUT2D eigenvalue weighted by atomic mass is 16.6. The summed E-state index contributed by atoms with van der Waals surface area (Å²) in [5.41, 5.74) is 0. The number of ether oxygens (including phenoxy) is 2. The summed E-state index contributed by atoms with van der Waals surface area (Å²) in [6.07, 6.45) is 18.4. The van der Waals surface area contributed by atoms with Gasteiger partial charge in [-0.1, -0.05) is 63.3 Å². The summed E-state index contributed by atoms with van der Waals surface area (Å²) in [7, 11) is 0. The highest BCUT2D eigenvalue weighted by molar-refractivity contribution is 5.89. The molecule has 0 aromatic carbocycles. The first-order valence-electron chi connectivity index (χ1n) is 11.4. The summed E-state index contributed by atoms with van der Waals surface area (Å²) < 4.78 is 9.55. The summed E-state index contributed by atoms with van der Waals surface area (Å²) in [5, 5.41) is 28.5. The van der Waals surface area contributed by atoms with Crippen molar-refractivity contribution >= 4 is 11.9 Å². The molecule has 1 aliphatic rings. The Labute approximate surface area is 185 Å². The minimum Gasteiger partial charge on any atom is -0.505 e. The zero-order valence-electron chi connectivity index (χ0n) is 18.6. The number of rotatable bonds is 17. The summed E-state index contributed by atoms with van der Waals surface area (Å²) in [4.78, 5) is 22.8. The molecule has 0 fully saturated rings. The quantitative estimate of drug-likeness (QED) is 0.167. The second-order valence-electron chi connectivity index (χ2n) is 7.79. The molecular formula is C24H38O7. The number of hydrogen-bond acceptors (Lipinski definition) is 7. The minimum atomic E-state index is -1.43. The van der Waals surface area contributed by atoms with E-state index in [-0.39, 0.29) is 6.42 Å². The lowest BCUT2D eigenvalue weighted by molar-refractivity contribution is -0.154. The van der Waals surface area contributed by atoms with Gasteiger partial charge in [-0.25, -0.2) is 4.79 Å². The van der Waals surface area contributed by atoms with Gasteiger partial charge in [-0.2, -0.15) is 0 Å². The lowest BCUT2D eigenvalue weighted by atomic mass is 10.1. The van der Waals surface area contributed by atoms with Crippen LogP contribution in [0.1, 0.15) is 84.0 Å². The fourth-order valence-corrected chi connectivity index (χ4v) is 3.15. The van der Waals surface area contributed by atoms with Gasteiger partial charge in [0.15, 0.2) is 11.9 Å². The van der Waals surface area contributed by atoms with Gasteiger partial charge in [0.05, 0.1) is 0 Å². The molecule has 1 aliphatic heterocycles. The van der Waals surface area contributed by atoms with Crippen molar-refractivity contribution in [2.75, 3.05) is 6.61 Å². The molecule has 1 unspecified atom stereocenters. The Balaban J connectivity index is 1.96. The number of esters is 2. The Morgan fingerprint density at radius 2 is 1.61 bits per heavy atom. The Morgan fingerprint density at radius 3 is 2.23 bits per heavy atom. The molecule has 0 saturated heterocycles. The number of cyclic esters (lactones) is 1. The van der Waals surface area contributed by atoms with Crippen molar-refractivity contribution in [3.8, 4) is 0 Å². The maximum atomic E-state index is 11.7. The topological polar surface area (TPSA) is 113 Å². The highest BCUT2D eigenvalue weighted by Gasteiger charge is 2.39. The normalized spacial score (nSPS) is 17.6. The van der Waals surface area contributed by atoms with Gasteiger partial charge in [-0.3, -0.25) is 4.79 Å². The third-order valence-electron chi connectivity index (χ3n) is 5.04. The van der Waals surface area contributed by atoms with E-state index in [2.05, 4.69) is 36.0 Å². The van der Waals surface area contributed by atoms with Crippen molar-refractivity contribution < 1.29 is 34.4 Å². The Bertz CT molecular complexity index is 621. The van der Waals surface area contributed by atoms with E-state index in [1.165, 1.54) is 25.7 Å². The van der Waals surface area contributed by atoms with Crippen LogP contribution >= 0.6 is 0 Å². The fourth-order valence-electron chi connectivity index (χ4n) is 3.15. The van der Waals surface area contributed by atoms with E-state index in [9.17, 15) is 24.9 Å². The number of aliphatic hydroxyl groups excluding tert-OH is 3. The van der Waals surface area contributed by atoms with Gasteiger partial charge >= 0.3 is 11.9 Å². The lowest BCUT2D eigenvalue weighted by Crippen LogP contribution is -2.33. The van der Waals surface area contributed by atoms with E-state index in [1.54, 1.807) is 0 Å². The van der Waals surface area contributed by atoms with E-state index in [0.717, 1.165) is 38.5 Å². The minimum absolute atomic E-state index is 0.245. The fraction of sp³-hybridized carbons (Fsp3) is 0.667. The molecule has 3 N–H and O–H groups in total. The first-order chi connectivity index (χ1) is 15.0. The number of aliphatic hydroxyl groups is 3. The van der Waals surface area contributed by atoms with Crippen LogP contribution in [0.2, 0.25) is 0 Å². The van der Waals surface area contributed by atoms with Crippen LogP contribution in [0.5, 0.6) is 0 Å². The van der Waals surface area contributed by atoms with E-state index >= 15 is 0 Å². The second kappa shape index (κ2) is 16.4. The van der Waals surface area contributed by atoms with E-state index in [4.69, 9.17) is 4.74 Å². The zero-order valence-corrected chi connectivity index (χ0v) is 18.6. The molecule has 31 heavy (non-hydrogen) atoms.